The smallest absolute Gasteiger partial charge is 1.00 e. The Kier molecular flexibility index (Phi) is 29.5. The summed E-state index contributed by atoms with van der Waals surface area (Å²) in [6.07, 6.45) is 28.1. The van der Waals surface area contributed by atoms with Crippen molar-refractivity contribution in [3.8, 4) is 0 Å². The predicted molar refractivity (Wildman–Crippen MR) is 120 cm³/mol. The van der Waals surface area contributed by atoms with E-state index < -0.39 is 0 Å². The minimum absolute atomic E-state index is 0. The van der Waals surface area contributed by atoms with Crippen LogP contribution in [0.15, 0.2) is 12.2 Å². The Balaban J connectivity index is -0.00000338. The predicted octanol–water partition coefficient (Wildman–Crippen LogP) is 5.65. The maximum Gasteiger partial charge on any atom is 1.00 e. The van der Waals surface area contributed by atoms with Gasteiger partial charge in [0, 0.05) is 6.42 Å². The maximum atomic E-state index is 11.6. The molecule has 2 nitrogen and oxygen atoms in total. The van der Waals surface area contributed by atoms with E-state index in [2.05, 4.69) is 26.0 Å². The Labute approximate surface area is 200 Å². The molecule has 0 fully saturated rings. The van der Waals surface area contributed by atoms with Crippen LogP contribution in [0, 0.1) is 0 Å². The molecule has 0 radical (unpaired) electrons. The first-order chi connectivity index (χ1) is 13.3. The van der Waals surface area contributed by atoms with Gasteiger partial charge in [-0.2, -0.15) is 0 Å². The van der Waals surface area contributed by atoms with Crippen LogP contribution in [-0.2, 0) is 9.53 Å². The second-order valence-corrected chi connectivity index (χ2v) is 7.97. The molecule has 0 N–H and O–H groups in total. The Morgan fingerprint density at radius 2 is 1.07 bits per heavy atom. The molecule has 3 heteroatoms. The second kappa shape index (κ2) is 27.2. The van der Waals surface area contributed by atoms with E-state index in [1.54, 1.807) is 0 Å². The second-order valence-electron chi connectivity index (χ2n) is 7.97. The SMILES string of the molecule is CCCCCCCC/C=C\CCCCCCCC(=O)OCCCCCCC.[H-].[Na+]. The van der Waals surface area contributed by atoms with E-state index >= 15 is 0 Å². The number of unbranched alkanes of at least 4 members (excludes halogenated alkanes) is 15. The molecule has 0 saturated heterocycles. The molecule has 0 amide bonds. The van der Waals surface area contributed by atoms with Crippen LogP contribution in [0.25, 0.3) is 0 Å². The molecule has 162 valence electrons. The van der Waals surface area contributed by atoms with Gasteiger partial charge in [-0.3, -0.25) is 4.79 Å². The Hall–Kier alpha value is 0.210. The Morgan fingerprint density at radius 1 is 0.643 bits per heavy atom. The summed E-state index contributed by atoms with van der Waals surface area (Å²) < 4.78 is 5.29. The number of hydrogen-bond donors (Lipinski definition) is 0. The van der Waals surface area contributed by atoms with Gasteiger partial charge in [0.15, 0.2) is 0 Å². The van der Waals surface area contributed by atoms with Gasteiger partial charge in [-0.25, -0.2) is 0 Å². The van der Waals surface area contributed by atoms with E-state index in [1.165, 1.54) is 96.3 Å². The summed E-state index contributed by atoms with van der Waals surface area (Å²) in [5.74, 6) is 0.00289. The molecule has 0 aliphatic heterocycles. The number of ether oxygens (including phenoxy) is 1. The molecule has 0 aromatic carbocycles. The van der Waals surface area contributed by atoms with Crippen molar-refractivity contribution >= 4 is 5.97 Å². The van der Waals surface area contributed by atoms with Crippen LogP contribution < -0.4 is 29.6 Å². The van der Waals surface area contributed by atoms with E-state index in [0.29, 0.717) is 13.0 Å². The molecule has 0 aliphatic rings. The number of rotatable bonds is 21. The van der Waals surface area contributed by atoms with Gasteiger partial charge in [0.25, 0.3) is 0 Å². The van der Waals surface area contributed by atoms with Crippen LogP contribution in [-0.4, -0.2) is 12.6 Å². The van der Waals surface area contributed by atoms with Crippen LogP contribution in [0.3, 0.4) is 0 Å². The molecule has 0 atom stereocenters. The van der Waals surface area contributed by atoms with Crippen LogP contribution in [0.5, 0.6) is 0 Å². The van der Waals surface area contributed by atoms with Crippen LogP contribution in [0.2, 0.25) is 0 Å². The van der Waals surface area contributed by atoms with Gasteiger partial charge in [-0.15, -0.1) is 0 Å². The quantitative estimate of drug-likeness (QED) is 0.107. The average molecular weight is 405 g/mol. The van der Waals surface area contributed by atoms with Gasteiger partial charge in [-0.05, 0) is 38.5 Å². The fraction of sp³-hybridized carbons (Fsp3) is 0.880. The number of hydrogen-bond acceptors (Lipinski definition) is 2. The zero-order valence-electron chi connectivity index (χ0n) is 20.6. The van der Waals surface area contributed by atoms with Crippen molar-refractivity contribution in [2.24, 2.45) is 0 Å². The number of carbonyl (C=O) groups is 1. The molecule has 0 heterocycles. The maximum absolute atomic E-state index is 11.6. The largest absolute Gasteiger partial charge is 1.00 e. The van der Waals surface area contributed by atoms with Crippen molar-refractivity contribution in [1.82, 2.24) is 0 Å². The monoisotopic (exact) mass is 404 g/mol. The van der Waals surface area contributed by atoms with Crippen molar-refractivity contribution in [2.45, 2.75) is 136 Å². The third kappa shape index (κ3) is 26.2. The van der Waals surface area contributed by atoms with Gasteiger partial charge in [0.2, 0.25) is 0 Å². The summed E-state index contributed by atoms with van der Waals surface area (Å²) in [7, 11) is 0. The molecule has 0 rings (SSSR count). The van der Waals surface area contributed by atoms with Crippen molar-refractivity contribution < 1.29 is 40.5 Å². The van der Waals surface area contributed by atoms with E-state index in [1.807, 2.05) is 0 Å². The van der Waals surface area contributed by atoms with Crippen LogP contribution in [0.1, 0.15) is 137 Å². The standard InChI is InChI=1S/C25H48O2.Na.H/c1-3-5-7-9-10-11-12-13-14-15-16-17-18-19-21-23-25(26)27-24-22-20-8-6-4-2;;/h13-14H,3-12,15-24H2,1-2H3;;/q;+1;-1/b14-13-;;. The van der Waals surface area contributed by atoms with Crippen LogP contribution >= 0.6 is 0 Å². The van der Waals surface area contributed by atoms with Gasteiger partial charge in [0.05, 0.1) is 6.61 Å². The number of esters is 1. The zero-order valence-corrected chi connectivity index (χ0v) is 21.6. The Morgan fingerprint density at radius 3 is 1.61 bits per heavy atom. The molecule has 0 aromatic heterocycles. The molecule has 0 bridgehead atoms. The molecular formula is C25H49NaO2. The number of allylic oxidation sites excluding steroid dienone is 2. The fourth-order valence-electron chi connectivity index (χ4n) is 3.30. The fourth-order valence-corrected chi connectivity index (χ4v) is 3.30. The summed E-state index contributed by atoms with van der Waals surface area (Å²) in [5, 5.41) is 0. The van der Waals surface area contributed by atoms with E-state index in [4.69, 9.17) is 4.74 Å². The summed E-state index contributed by atoms with van der Waals surface area (Å²) in [6, 6.07) is 0. The zero-order chi connectivity index (χ0) is 19.8. The number of carbonyl (C=O) groups excluding carboxylic acids is 1. The first-order valence-corrected chi connectivity index (χ1v) is 12.1. The molecule has 28 heavy (non-hydrogen) atoms. The van der Waals surface area contributed by atoms with E-state index in [0.717, 1.165) is 19.3 Å². The molecule has 0 spiro atoms. The summed E-state index contributed by atoms with van der Waals surface area (Å²) in [4.78, 5) is 11.6. The van der Waals surface area contributed by atoms with Crippen molar-refractivity contribution in [3.63, 3.8) is 0 Å². The minimum Gasteiger partial charge on any atom is -1.00 e. The van der Waals surface area contributed by atoms with Gasteiger partial charge in [-0.1, -0.05) is 103 Å². The summed E-state index contributed by atoms with van der Waals surface area (Å²) in [6.45, 7) is 5.11. The topological polar surface area (TPSA) is 26.3 Å². The van der Waals surface area contributed by atoms with Crippen LogP contribution in [0.4, 0.5) is 0 Å². The van der Waals surface area contributed by atoms with Gasteiger partial charge < -0.3 is 6.16 Å². The molecule has 0 aromatic rings. The first-order valence-electron chi connectivity index (χ1n) is 12.1. The van der Waals surface area contributed by atoms with E-state index in [9.17, 15) is 4.79 Å². The third-order valence-electron chi connectivity index (χ3n) is 5.15. The summed E-state index contributed by atoms with van der Waals surface area (Å²) in [5.41, 5.74) is 0. The van der Waals surface area contributed by atoms with Crippen molar-refractivity contribution in [2.75, 3.05) is 6.61 Å². The van der Waals surface area contributed by atoms with E-state index in [-0.39, 0.29) is 37.0 Å². The Bertz CT molecular complexity index is 335. The van der Waals surface area contributed by atoms with Gasteiger partial charge >= 0.3 is 35.5 Å². The third-order valence-corrected chi connectivity index (χ3v) is 5.15. The minimum atomic E-state index is 0. The van der Waals surface area contributed by atoms with Crippen molar-refractivity contribution in [3.05, 3.63) is 12.2 Å². The van der Waals surface area contributed by atoms with Gasteiger partial charge in [0.1, 0.15) is 0 Å². The van der Waals surface area contributed by atoms with Crippen molar-refractivity contribution in [1.29, 1.82) is 0 Å². The molecular weight excluding hydrogens is 355 g/mol. The summed E-state index contributed by atoms with van der Waals surface area (Å²) >= 11 is 0. The molecule has 0 saturated carbocycles. The first kappa shape index (κ1) is 30.4. The molecule has 0 unspecified atom stereocenters. The molecule has 0 aliphatic carbocycles. The normalized spacial score (nSPS) is 10.9. The average Bonchev–Trinajstić information content (AvgIpc) is 2.67.